The van der Waals surface area contributed by atoms with Crippen LogP contribution in [0.1, 0.15) is 19.8 Å². The molecule has 1 atom stereocenters. The molecule has 0 aliphatic carbocycles. The Morgan fingerprint density at radius 1 is 1.56 bits per heavy atom. The molecule has 0 aromatic heterocycles. The fourth-order valence-electron chi connectivity index (χ4n) is 1.65. The molecule has 0 aromatic rings. The molecule has 92 valence electrons. The van der Waals surface area contributed by atoms with Crippen molar-refractivity contribution in [3.05, 3.63) is 11.1 Å². The molecule has 16 heavy (non-hydrogen) atoms. The highest BCUT2D eigenvalue weighted by atomic mass is 79.9. The topological polar surface area (TPSA) is 36.4 Å². The Labute approximate surface area is 111 Å². The first-order valence-corrected chi connectivity index (χ1v) is 7.25. The summed E-state index contributed by atoms with van der Waals surface area (Å²) in [5.74, 6) is 2.12. The number of nitrogens with one attached hydrogen (secondary N) is 2. The summed E-state index contributed by atoms with van der Waals surface area (Å²) >= 11 is 5.37. The number of halogens is 1. The van der Waals surface area contributed by atoms with Crippen LogP contribution in [-0.2, 0) is 0 Å². The summed E-state index contributed by atoms with van der Waals surface area (Å²) in [5.41, 5.74) is 0. The molecule has 1 aliphatic rings. The maximum absolute atomic E-state index is 4.18. The third-order valence-electron chi connectivity index (χ3n) is 2.60. The Morgan fingerprint density at radius 2 is 2.31 bits per heavy atom. The zero-order valence-electron chi connectivity index (χ0n) is 9.98. The second-order valence-electron chi connectivity index (χ2n) is 4.20. The van der Waals surface area contributed by atoms with Crippen molar-refractivity contribution < 1.29 is 0 Å². The number of hydrogen-bond donors (Lipinski definition) is 2. The van der Waals surface area contributed by atoms with Crippen LogP contribution in [0.2, 0.25) is 0 Å². The van der Waals surface area contributed by atoms with Crippen LogP contribution in [-0.4, -0.2) is 36.6 Å². The van der Waals surface area contributed by atoms with Gasteiger partial charge in [-0.2, -0.15) is 11.8 Å². The molecule has 1 rings (SSSR count). The van der Waals surface area contributed by atoms with Crippen LogP contribution in [0.4, 0.5) is 0 Å². The van der Waals surface area contributed by atoms with Gasteiger partial charge in [0.15, 0.2) is 5.96 Å². The highest BCUT2D eigenvalue weighted by molar-refractivity contribution is 9.11. The second kappa shape index (κ2) is 6.55. The Bertz CT molecular complexity index is 272. The molecule has 0 saturated carbocycles. The molecule has 1 fully saturated rings. The average molecular weight is 306 g/mol. The largest absolute Gasteiger partial charge is 0.355 e. The standard InChI is InChI=1S/C11H20BrN3S/c1-9(12)7-14-10(13-3)15-8-11(2)5-4-6-16-11/h1,4-8H2,2-3H3,(H2,13,14,15). The average Bonchev–Trinajstić information content (AvgIpc) is 2.65. The van der Waals surface area contributed by atoms with Crippen molar-refractivity contribution >= 4 is 33.7 Å². The molecule has 1 heterocycles. The normalized spacial score (nSPS) is 25.6. The zero-order valence-corrected chi connectivity index (χ0v) is 12.4. The van der Waals surface area contributed by atoms with Crippen molar-refractivity contribution in [2.24, 2.45) is 4.99 Å². The maximum Gasteiger partial charge on any atom is 0.191 e. The highest BCUT2D eigenvalue weighted by Gasteiger charge is 2.29. The lowest BCUT2D eigenvalue weighted by Gasteiger charge is -2.24. The van der Waals surface area contributed by atoms with Crippen molar-refractivity contribution in [1.29, 1.82) is 0 Å². The molecular formula is C11H20BrN3S. The SMILES string of the molecule is C=C(Br)CNC(=NC)NCC1(C)CCCS1. The van der Waals surface area contributed by atoms with E-state index in [9.17, 15) is 0 Å². The van der Waals surface area contributed by atoms with Crippen molar-refractivity contribution in [2.45, 2.75) is 24.5 Å². The Kier molecular flexibility index (Phi) is 5.69. The lowest BCUT2D eigenvalue weighted by atomic mass is 10.1. The van der Waals surface area contributed by atoms with Crippen molar-refractivity contribution in [3.63, 3.8) is 0 Å². The summed E-state index contributed by atoms with van der Waals surface area (Å²) in [6, 6.07) is 0. The predicted molar refractivity (Wildman–Crippen MR) is 77.5 cm³/mol. The van der Waals surface area contributed by atoms with Crippen LogP contribution in [0.5, 0.6) is 0 Å². The van der Waals surface area contributed by atoms with Gasteiger partial charge in [0.25, 0.3) is 0 Å². The molecule has 1 saturated heterocycles. The summed E-state index contributed by atoms with van der Waals surface area (Å²) in [4.78, 5) is 4.18. The third-order valence-corrected chi connectivity index (χ3v) is 4.42. The number of hydrogen-bond acceptors (Lipinski definition) is 2. The van der Waals surface area contributed by atoms with Gasteiger partial charge in [-0.1, -0.05) is 22.5 Å². The van der Waals surface area contributed by atoms with Crippen LogP contribution in [0.15, 0.2) is 16.1 Å². The minimum atomic E-state index is 0.364. The molecule has 3 nitrogen and oxygen atoms in total. The fraction of sp³-hybridized carbons (Fsp3) is 0.727. The van der Waals surface area contributed by atoms with Crippen molar-refractivity contribution in [1.82, 2.24) is 10.6 Å². The van der Waals surface area contributed by atoms with Crippen LogP contribution in [0.3, 0.4) is 0 Å². The van der Waals surface area contributed by atoms with E-state index in [4.69, 9.17) is 0 Å². The van der Waals surface area contributed by atoms with Crippen LogP contribution < -0.4 is 10.6 Å². The van der Waals surface area contributed by atoms with Gasteiger partial charge in [0.1, 0.15) is 0 Å². The molecule has 0 aromatic carbocycles. The lowest BCUT2D eigenvalue weighted by Crippen LogP contribution is -2.43. The molecule has 5 heteroatoms. The van der Waals surface area contributed by atoms with Gasteiger partial charge in [-0.25, -0.2) is 0 Å². The summed E-state index contributed by atoms with van der Waals surface area (Å²) in [6.45, 7) is 7.76. The molecule has 0 radical (unpaired) electrons. The second-order valence-corrected chi connectivity index (χ2v) is 7.00. The number of rotatable bonds is 4. The van der Waals surface area contributed by atoms with Gasteiger partial charge in [0, 0.05) is 29.4 Å². The minimum Gasteiger partial charge on any atom is -0.355 e. The van der Waals surface area contributed by atoms with Gasteiger partial charge in [-0.05, 0) is 25.5 Å². The summed E-state index contributed by atoms with van der Waals surface area (Å²) in [6.07, 6.45) is 2.61. The summed E-state index contributed by atoms with van der Waals surface area (Å²) in [5, 5.41) is 6.56. The number of nitrogens with zero attached hydrogens (tertiary/aromatic N) is 1. The molecule has 0 bridgehead atoms. The van der Waals surface area contributed by atoms with E-state index in [1.165, 1.54) is 18.6 Å². The molecule has 2 N–H and O–H groups in total. The quantitative estimate of drug-likeness (QED) is 0.618. The molecular weight excluding hydrogens is 286 g/mol. The first-order valence-electron chi connectivity index (χ1n) is 5.47. The lowest BCUT2D eigenvalue weighted by molar-refractivity contribution is 0.586. The van der Waals surface area contributed by atoms with E-state index in [0.29, 0.717) is 11.3 Å². The van der Waals surface area contributed by atoms with Gasteiger partial charge in [-0.3, -0.25) is 4.99 Å². The Balaban J connectivity index is 2.31. The Morgan fingerprint density at radius 3 is 2.81 bits per heavy atom. The van der Waals surface area contributed by atoms with Gasteiger partial charge in [0.2, 0.25) is 0 Å². The minimum absolute atomic E-state index is 0.364. The monoisotopic (exact) mass is 305 g/mol. The maximum atomic E-state index is 4.18. The van der Waals surface area contributed by atoms with E-state index in [-0.39, 0.29) is 0 Å². The van der Waals surface area contributed by atoms with Gasteiger partial charge in [-0.15, -0.1) is 0 Å². The van der Waals surface area contributed by atoms with Crippen molar-refractivity contribution in [3.8, 4) is 0 Å². The fourth-order valence-corrected chi connectivity index (χ4v) is 3.03. The predicted octanol–water partition coefficient (Wildman–Crippen LogP) is 2.35. The Hall–Kier alpha value is -0.160. The van der Waals surface area contributed by atoms with Gasteiger partial charge >= 0.3 is 0 Å². The van der Waals surface area contributed by atoms with Crippen LogP contribution in [0.25, 0.3) is 0 Å². The van der Waals surface area contributed by atoms with Crippen LogP contribution in [0, 0.1) is 0 Å². The summed E-state index contributed by atoms with van der Waals surface area (Å²) < 4.78 is 1.29. The van der Waals surface area contributed by atoms with E-state index >= 15 is 0 Å². The molecule has 1 aliphatic heterocycles. The first kappa shape index (κ1) is 13.9. The number of thioether (sulfide) groups is 1. The molecule has 0 spiro atoms. The number of guanidine groups is 1. The van der Waals surface area contributed by atoms with Crippen LogP contribution >= 0.6 is 27.7 Å². The number of aliphatic imine (C=N–C) groups is 1. The zero-order chi connectivity index (χ0) is 12.0. The third kappa shape index (κ3) is 4.78. The van der Waals surface area contributed by atoms with E-state index in [1.807, 2.05) is 11.8 Å². The van der Waals surface area contributed by atoms with E-state index in [0.717, 1.165) is 17.0 Å². The van der Waals surface area contributed by atoms with E-state index in [2.05, 4.69) is 45.1 Å². The highest BCUT2D eigenvalue weighted by Crippen LogP contribution is 2.36. The first-order chi connectivity index (χ1) is 7.56. The summed E-state index contributed by atoms with van der Waals surface area (Å²) in [7, 11) is 1.79. The van der Waals surface area contributed by atoms with Gasteiger partial charge in [0.05, 0.1) is 0 Å². The molecule has 0 amide bonds. The smallest absolute Gasteiger partial charge is 0.191 e. The van der Waals surface area contributed by atoms with Crippen molar-refractivity contribution in [2.75, 3.05) is 25.9 Å². The molecule has 1 unspecified atom stereocenters. The van der Waals surface area contributed by atoms with E-state index in [1.54, 1.807) is 7.05 Å². The van der Waals surface area contributed by atoms with Gasteiger partial charge < -0.3 is 10.6 Å². The van der Waals surface area contributed by atoms with E-state index < -0.39 is 0 Å².